The second-order valence-corrected chi connectivity index (χ2v) is 6.39. The van der Waals surface area contributed by atoms with Gasteiger partial charge in [0.2, 0.25) is 0 Å². The number of para-hydroxylation sites is 1. The maximum atomic E-state index is 12.6. The van der Waals surface area contributed by atoms with E-state index in [0.29, 0.717) is 5.69 Å². The second-order valence-electron chi connectivity index (χ2n) is 4.52. The first-order valence-electron chi connectivity index (χ1n) is 6.67. The molecule has 0 fully saturated rings. The van der Waals surface area contributed by atoms with Crippen LogP contribution in [0.5, 0.6) is 5.75 Å². The molecule has 0 saturated heterocycles. The lowest BCUT2D eigenvalue weighted by molar-refractivity contribution is -0.274. The molecular formula is C15H14F3NO3S. The molecule has 0 aliphatic rings. The highest BCUT2D eigenvalue weighted by atomic mass is 32.2. The van der Waals surface area contributed by atoms with Crippen molar-refractivity contribution >= 4 is 15.7 Å². The third-order valence-electron chi connectivity index (χ3n) is 2.98. The van der Waals surface area contributed by atoms with Gasteiger partial charge in [0.1, 0.15) is 5.75 Å². The minimum absolute atomic E-state index is 0.113. The lowest BCUT2D eigenvalue weighted by Gasteiger charge is -2.23. The molecule has 0 aliphatic heterocycles. The smallest absolute Gasteiger partial charge is 0.406 e. The quantitative estimate of drug-likeness (QED) is 0.828. The fourth-order valence-corrected chi connectivity index (χ4v) is 3.50. The Balaban J connectivity index is 2.32. The summed E-state index contributed by atoms with van der Waals surface area (Å²) in [5, 5.41) is 0. The maximum Gasteiger partial charge on any atom is 0.573 e. The van der Waals surface area contributed by atoms with Crippen molar-refractivity contribution in [1.82, 2.24) is 0 Å². The number of ether oxygens (including phenoxy) is 1. The first kappa shape index (κ1) is 17.1. The highest BCUT2D eigenvalue weighted by Gasteiger charge is 2.31. The van der Waals surface area contributed by atoms with Gasteiger partial charge >= 0.3 is 6.36 Å². The highest BCUT2D eigenvalue weighted by molar-refractivity contribution is 7.92. The van der Waals surface area contributed by atoms with Crippen LogP contribution in [0.4, 0.5) is 18.9 Å². The Labute approximate surface area is 132 Å². The number of benzene rings is 2. The largest absolute Gasteiger partial charge is 0.573 e. The Morgan fingerprint density at radius 1 is 1.00 bits per heavy atom. The third-order valence-corrected chi connectivity index (χ3v) is 4.89. The summed E-state index contributed by atoms with van der Waals surface area (Å²) in [6, 6.07) is 12.6. The lowest BCUT2D eigenvalue weighted by Crippen LogP contribution is -2.30. The number of alkyl halides is 3. The minimum atomic E-state index is -4.82. The van der Waals surface area contributed by atoms with E-state index in [0.717, 1.165) is 24.3 Å². The molecule has 23 heavy (non-hydrogen) atoms. The fraction of sp³-hybridized carbons (Fsp3) is 0.200. The standard InChI is InChI=1S/C15H14F3NO3S/c1-2-19(12-6-4-3-5-7-12)23(20,21)14-10-8-13(9-11-14)22-15(16,17)18/h3-11H,2H2,1H3. The highest BCUT2D eigenvalue weighted by Crippen LogP contribution is 2.27. The zero-order chi connectivity index (χ0) is 17.1. The summed E-state index contributed by atoms with van der Waals surface area (Å²) >= 11 is 0. The predicted octanol–water partition coefficient (Wildman–Crippen LogP) is 3.80. The Kier molecular flexibility index (Phi) is 4.84. The van der Waals surface area contributed by atoms with Gasteiger partial charge in [0.25, 0.3) is 10.0 Å². The van der Waals surface area contributed by atoms with Crippen LogP contribution in [0.25, 0.3) is 0 Å². The van der Waals surface area contributed by atoms with Crippen LogP contribution in [0.2, 0.25) is 0 Å². The van der Waals surface area contributed by atoms with E-state index in [4.69, 9.17) is 0 Å². The van der Waals surface area contributed by atoms with E-state index in [9.17, 15) is 21.6 Å². The second kappa shape index (κ2) is 6.49. The summed E-state index contributed by atoms with van der Waals surface area (Å²) in [5.74, 6) is -0.473. The van der Waals surface area contributed by atoms with Gasteiger partial charge in [0.15, 0.2) is 0 Å². The molecule has 0 aromatic heterocycles. The van der Waals surface area contributed by atoms with Gasteiger partial charge in [0, 0.05) is 6.54 Å². The molecule has 0 spiro atoms. The van der Waals surface area contributed by atoms with Gasteiger partial charge in [-0.3, -0.25) is 4.31 Å². The first-order valence-corrected chi connectivity index (χ1v) is 8.11. The molecule has 2 aromatic rings. The number of nitrogens with zero attached hydrogens (tertiary/aromatic N) is 1. The number of hydrogen-bond donors (Lipinski definition) is 0. The number of anilines is 1. The summed E-state index contributed by atoms with van der Waals surface area (Å²) in [6.45, 7) is 1.86. The van der Waals surface area contributed by atoms with Gasteiger partial charge in [-0.05, 0) is 43.3 Å². The van der Waals surface area contributed by atoms with Crippen LogP contribution in [0, 0.1) is 0 Å². The van der Waals surface area contributed by atoms with Crippen LogP contribution in [0.1, 0.15) is 6.92 Å². The number of halogens is 3. The summed E-state index contributed by atoms with van der Waals surface area (Å²) in [6.07, 6.45) is -4.82. The van der Waals surface area contributed by atoms with Crippen LogP contribution >= 0.6 is 0 Å². The van der Waals surface area contributed by atoms with Gasteiger partial charge in [-0.2, -0.15) is 0 Å². The van der Waals surface area contributed by atoms with Crippen molar-refractivity contribution in [3.8, 4) is 5.75 Å². The molecule has 0 saturated carbocycles. The SMILES string of the molecule is CCN(c1ccccc1)S(=O)(=O)c1ccc(OC(F)(F)F)cc1. The van der Waals surface area contributed by atoms with Crippen molar-refractivity contribution in [3.63, 3.8) is 0 Å². The Morgan fingerprint density at radius 3 is 2.04 bits per heavy atom. The number of rotatable bonds is 5. The molecular weight excluding hydrogens is 331 g/mol. The topological polar surface area (TPSA) is 46.6 Å². The summed E-state index contributed by atoms with van der Waals surface area (Å²) < 4.78 is 66.5. The molecule has 0 N–H and O–H groups in total. The molecule has 124 valence electrons. The van der Waals surface area contributed by atoms with Crippen molar-refractivity contribution in [1.29, 1.82) is 0 Å². The van der Waals surface area contributed by atoms with E-state index in [1.54, 1.807) is 37.3 Å². The normalized spacial score (nSPS) is 12.0. The first-order chi connectivity index (χ1) is 10.7. The number of sulfonamides is 1. The van der Waals surface area contributed by atoms with E-state index in [1.807, 2.05) is 0 Å². The van der Waals surface area contributed by atoms with Gasteiger partial charge in [-0.15, -0.1) is 13.2 Å². The van der Waals surface area contributed by atoms with Gasteiger partial charge < -0.3 is 4.74 Å². The van der Waals surface area contributed by atoms with Crippen molar-refractivity contribution in [2.24, 2.45) is 0 Å². The van der Waals surface area contributed by atoms with Crippen LogP contribution in [0.3, 0.4) is 0 Å². The fourth-order valence-electron chi connectivity index (χ4n) is 2.03. The van der Waals surface area contributed by atoms with Gasteiger partial charge in [0.05, 0.1) is 10.6 Å². The molecule has 2 aromatic carbocycles. The molecule has 8 heteroatoms. The maximum absolute atomic E-state index is 12.6. The zero-order valence-corrected chi connectivity index (χ0v) is 12.9. The Bertz CT molecular complexity index is 744. The molecule has 0 aliphatic carbocycles. The molecule has 0 unspecified atom stereocenters. The molecule has 4 nitrogen and oxygen atoms in total. The van der Waals surface area contributed by atoms with Crippen molar-refractivity contribution in [2.75, 3.05) is 10.8 Å². The van der Waals surface area contributed by atoms with E-state index in [1.165, 1.54) is 4.31 Å². The molecule has 0 atom stereocenters. The molecule has 2 rings (SSSR count). The lowest BCUT2D eigenvalue weighted by atomic mass is 10.3. The number of hydrogen-bond acceptors (Lipinski definition) is 3. The van der Waals surface area contributed by atoms with E-state index >= 15 is 0 Å². The van der Waals surface area contributed by atoms with Crippen molar-refractivity contribution < 1.29 is 26.3 Å². The Hall–Kier alpha value is -2.22. The van der Waals surface area contributed by atoms with E-state index in [-0.39, 0.29) is 11.4 Å². The van der Waals surface area contributed by atoms with Crippen molar-refractivity contribution in [3.05, 3.63) is 54.6 Å². The molecule has 0 heterocycles. The van der Waals surface area contributed by atoms with E-state index < -0.39 is 22.1 Å². The third kappa shape index (κ3) is 4.16. The monoisotopic (exact) mass is 345 g/mol. The minimum Gasteiger partial charge on any atom is -0.406 e. The van der Waals surface area contributed by atoms with Crippen LogP contribution in [-0.2, 0) is 10.0 Å². The summed E-state index contributed by atoms with van der Waals surface area (Å²) in [4.78, 5) is -0.113. The molecule has 0 radical (unpaired) electrons. The van der Waals surface area contributed by atoms with Gasteiger partial charge in [-0.1, -0.05) is 18.2 Å². The van der Waals surface area contributed by atoms with E-state index in [2.05, 4.69) is 4.74 Å². The van der Waals surface area contributed by atoms with Crippen molar-refractivity contribution in [2.45, 2.75) is 18.2 Å². The molecule has 0 bridgehead atoms. The van der Waals surface area contributed by atoms with Crippen LogP contribution < -0.4 is 9.04 Å². The summed E-state index contributed by atoms with van der Waals surface area (Å²) in [7, 11) is -3.87. The van der Waals surface area contributed by atoms with Gasteiger partial charge in [-0.25, -0.2) is 8.42 Å². The average molecular weight is 345 g/mol. The Morgan fingerprint density at radius 2 is 1.57 bits per heavy atom. The van der Waals surface area contributed by atoms with Crippen LogP contribution in [0.15, 0.2) is 59.5 Å². The predicted molar refractivity (Wildman–Crippen MR) is 79.8 cm³/mol. The zero-order valence-electron chi connectivity index (χ0n) is 12.1. The summed E-state index contributed by atoms with van der Waals surface area (Å²) in [5.41, 5.74) is 0.477. The van der Waals surface area contributed by atoms with Crippen LogP contribution in [-0.4, -0.2) is 21.3 Å². The average Bonchev–Trinajstić information content (AvgIpc) is 2.47. The molecule has 0 amide bonds.